The standard InChI is InChI=1S/C11H14ClN3O3S/c1-8(7-16)6-13-19(17,18)11-10(12)14-9-4-2-3-5-15(9)11/h2-5,8,13,16H,6-7H2,1H3. The Morgan fingerprint density at radius 3 is 2.95 bits per heavy atom. The third-order valence-electron chi connectivity index (χ3n) is 2.63. The van der Waals surface area contributed by atoms with E-state index >= 15 is 0 Å². The van der Waals surface area contributed by atoms with Crippen molar-refractivity contribution in [2.24, 2.45) is 5.92 Å². The molecule has 8 heteroatoms. The van der Waals surface area contributed by atoms with E-state index in [2.05, 4.69) is 9.71 Å². The zero-order chi connectivity index (χ0) is 14.0. The molecule has 0 bridgehead atoms. The lowest BCUT2D eigenvalue weighted by Crippen LogP contribution is -2.30. The van der Waals surface area contributed by atoms with Crippen LogP contribution in [0.15, 0.2) is 29.4 Å². The molecular weight excluding hydrogens is 290 g/mol. The molecule has 2 aromatic heterocycles. The molecule has 0 fully saturated rings. The third-order valence-corrected chi connectivity index (χ3v) is 4.46. The van der Waals surface area contributed by atoms with E-state index in [1.807, 2.05) is 0 Å². The van der Waals surface area contributed by atoms with Crippen LogP contribution in [-0.2, 0) is 10.0 Å². The second-order valence-electron chi connectivity index (χ2n) is 4.28. The maximum absolute atomic E-state index is 12.2. The van der Waals surface area contributed by atoms with Gasteiger partial charge in [0.15, 0.2) is 10.2 Å². The van der Waals surface area contributed by atoms with Gasteiger partial charge in [-0.25, -0.2) is 18.1 Å². The van der Waals surface area contributed by atoms with Crippen molar-refractivity contribution >= 4 is 27.3 Å². The Hall–Kier alpha value is -1.15. The van der Waals surface area contributed by atoms with Crippen LogP contribution < -0.4 is 4.72 Å². The average Bonchev–Trinajstić information content (AvgIpc) is 2.72. The van der Waals surface area contributed by atoms with Gasteiger partial charge in [-0.1, -0.05) is 24.6 Å². The Balaban J connectivity index is 2.40. The summed E-state index contributed by atoms with van der Waals surface area (Å²) in [6.45, 7) is 1.78. The smallest absolute Gasteiger partial charge is 0.259 e. The minimum atomic E-state index is -3.77. The number of aliphatic hydroxyl groups excluding tert-OH is 1. The molecule has 0 aromatic carbocycles. The molecule has 2 aromatic rings. The number of nitrogens with zero attached hydrogens (tertiary/aromatic N) is 2. The first-order valence-corrected chi connectivity index (χ1v) is 7.55. The van der Waals surface area contributed by atoms with Crippen LogP contribution in [0.4, 0.5) is 0 Å². The van der Waals surface area contributed by atoms with E-state index in [1.54, 1.807) is 31.3 Å². The number of halogens is 1. The topological polar surface area (TPSA) is 83.7 Å². The summed E-state index contributed by atoms with van der Waals surface area (Å²) in [5, 5.41) is 8.75. The van der Waals surface area contributed by atoms with E-state index in [-0.39, 0.29) is 29.2 Å². The normalized spacial score (nSPS) is 13.8. The first-order valence-electron chi connectivity index (χ1n) is 5.69. The van der Waals surface area contributed by atoms with E-state index in [0.29, 0.717) is 5.65 Å². The van der Waals surface area contributed by atoms with Crippen molar-refractivity contribution in [1.82, 2.24) is 14.1 Å². The second kappa shape index (κ2) is 5.46. The quantitative estimate of drug-likeness (QED) is 0.859. The number of aliphatic hydroxyl groups is 1. The van der Waals surface area contributed by atoms with Crippen molar-refractivity contribution in [3.8, 4) is 0 Å². The largest absolute Gasteiger partial charge is 0.396 e. The van der Waals surface area contributed by atoms with Crippen LogP contribution in [0.2, 0.25) is 5.15 Å². The number of hydrogen-bond donors (Lipinski definition) is 2. The van der Waals surface area contributed by atoms with Crippen molar-refractivity contribution < 1.29 is 13.5 Å². The molecule has 0 amide bonds. The highest BCUT2D eigenvalue weighted by Gasteiger charge is 2.24. The first kappa shape index (κ1) is 14.3. The van der Waals surface area contributed by atoms with E-state index in [9.17, 15) is 8.42 Å². The molecular formula is C11H14ClN3O3S. The van der Waals surface area contributed by atoms with Gasteiger partial charge in [-0.3, -0.25) is 4.40 Å². The van der Waals surface area contributed by atoms with Crippen molar-refractivity contribution in [2.45, 2.75) is 11.9 Å². The average molecular weight is 304 g/mol. The molecule has 0 spiro atoms. The summed E-state index contributed by atoms with van der Waals surface area (Å²) >= 11 is 5.90. The van der Waals surface area contributed by atoms with Gasteiger partial charge in [-0.15, -0.1) is 0 Å². The van der Waals surface area contributed by atoms with Gasteiger partial charge in [0.1, 0.15) is 5.65 Å². The zero-order valence-corrected chi connectivity index (χ0v) is 11.8. The molecule has 2 heterocycles. The number of pyridine rings is 1. The van der Waals surface area contributed by atoms with Gasteiger partial charge in [0.25, 0.3) is 10.0 Å². The lowest BCUT2D eigenvalue weighted by Gasteiger charge is -2.10. The number of fused-ring (bicyclic) bond motifs is 1. The van der Waals surface area contributed by atoms with Gasteiger partial charge < -0.3 is 5.11 Å². The Morgan fingerprint density at radius 2 is 2.26 bits per heavy atom. The maximum Gasteiger partial charge on any atom is 0.259 e. The fraction of sp³-hybridized carbons (Fsp3) is 0.364. The molecule has 0 aliphatic rings. The highest BCUT2D eigenvalue weighted by molar-refractivity contribution is 7.89. The number of aromatic nitrogens is 2. The Kier molecular flexibility index (Phi) is 4.10. The summed E-state index contributed by atoms with van der Waals surface area (Å²) < 4.78 is 28.2. The molecule has 0 radical (unpaired) electrons. The van der Waals surface area contributed by atoms with E-state index < -0.39 is 10.0 Å². The van der Waals surface area contributed by atoms with Gasteiger partial charge >= 0.3 is 0 Å². The van der Waals surface area contributed by atoms with Gasteiger partial charge in [0, 0.05) is 19.3 Å². The fourth-order valence-electron chi connectivity index (χ4n) is 1.57. The highest BCUT2D eigenvalue weighted by Crippen LogP contribution is 2.22. The summed E-state index contributed by atoms with van der Waals surface area (Å²) in [7, 11) is -3.77. The predicted octanol–water partition coefficient (Wildman–Crippen LogP) is 0.894. The van der Waals surface area contributed by atoms with Gasteiger partial charge in [-0.2, -0.15) is 0 Å². The van der Waals surface area contributed by atoms with Crippen LogP contribution >= 0.6 is 11.6 Å². The summed E-state index contributed by atoms with van der Waals surface area (Å²) in [6.07, 6.45) is 1.58. The van der Waals surface area contributed by atoms with Crippen molar-refractivity contribution in [1.29, 1.82) is 0 Å². The van der Waals surface area contributed by atoms with Crippen LogP contribution in [0, 0.1) is 5.92 Å². The summed E-state index contributed by atoms with van der Waals surface area (Å²) in [4.78, 5) is 3.99. The highest BCUT2D eigenvalue weighted by atomic mass is 35.5. The minimum Gasteiger partial charge on any atom is -0.396 e. The molecule has 0 saturated carbocycles. The van der Waals surface area contributed by atoms with Gasteiger partial charge in [0.2, 0.25) is 0 Å². The molecule has 0 aliphatic carbocycles. The van der Waals surface area contributed by atoms with E-state index in [0.717, 1.165) is 0 Å². The molecule has 19 heavy (non-hydrogen) atoms. The number of imidazole rings is 1. The van der Waals surface area contributed by atoms with Crippen LogP contribution in [0.5, 0.6) is 0 Å². The Morgan fingerprint density at radius 1 is 1.53 bits per heavy atom. The molecule has 0 saturated heterocycles. The number of hydrogen-bond acceptors (Lipinski definition) is 4. The molecule has 6 nitrogen and oxygen atoms in total. The predicted molar refractivity (Wildman–Crippen MR) is 71.6 cm³/mol. The van der Waals surface area contributed by atoms with Gasteiger partial charge in [0.05, 0.1) is 0 Å². The number of sulfonamides is 1. The number of nitrogens with one attached hydrogen (secondary N) is 1. The lowest BCUT2D eigenvalue weighted by molar-refractivity contribution is 0.238. The number of rotatable bonds is 5. The Labute approximate surface area is 116 Å². The van der Waals surface area contributed by atoms with Gasteiger partial charge in [-0.05, 0) is 18.1 Å². The third kappa shape index (κ3) is 2.89. The summed E-state index contributed by atoms with van der Waals surface area (Å²) in [5.74, 6) is -0.173. The van der Waals surface area contributed by atoms with E-state index in [1.165, 1.54) is 4.40 Å². The fourth-order valence-corrected chi connectivity index (χ4v) is 3.37. The minimum absolute atomic E-state index is 0.0737. The Bertz CT molecular complexity index is 684. The van der Waals surface area contributed by atoms with E-state index in [4.69, 9.17) is 16.7 Å². The summed E-state index contributed by atoms with van der Waals surface area (Å²) in [5.41, 5.74) is 0.461. The summed E-state index contributed by atoms with van der Waals surface area (Å²) in [6, 6.07) is 5.11. The van der Waals surface area contributed by atoms with Crippen molar-refractivity contribution in [2.75, 3.05) is 13.2 Å². The molecule has 0 aliphatic heterocycles. The van der Waals surface area contributed by atoms with Crippen LogP contribution in [0.25, 0.3) is 5.65 Å². The maximum atomic E-state index is 12.2. The monoisotopic (exact) mass is 303 g/mol. The van der Waals surface area contributed by atoms with Crippen LogP contribution in [0.3, 0.4) is 0 Å². The molecule has 2 rings (SSSR count). The van der Waals surface area contributed by atoms with Crippen molar-refractivity contribution in [3.63, 3.8) is 0 Å². The first-order chi connectivity index (χ1) is 8.95. The SMILES string of the molecule is CC(CO)CNS(=O)(=O)c1c(Cl)nc2ccccn12. The van der Waals surface area contributed by atoms with Crippen LogP contribution in [0.1, 0.15) is 6.92 Å². The second-order valence-corrected chi connectivity index (χ2v) is 6.32. The molecule has 2 N–H and O–H groups in total. The van der Waals surface area contributed by atoms with Crippen LogP contribution in [-0.4, -0.2) is 36.1 Å². The molecule has 104 valence electrons. The van der Waals surface area contributed by atoms with Crippen molar-refractivity contribution in [3.05, 3.63) is 29.5 Å². The molecule has 1 atom stereocenters. The zero-order valence-electron chi connectivity index (χ0n) is 10.2. The lowest BCUT2D eigenvalue weighted by atomic mass is 10.2. The molecule has 1 unspecified atom stereocenters.